The van der Waals surface area contributed by atoms with Crippen molar-refractivity contribution in [1.82, 2.24) is 15.1 Å². The molecule has 2 N–H and O–H groups in total. The highest BCUT2D eigenvalue weighted by Gasteiger charge is 2.20. The van der Waals surface area contributed by atoms with Crippen molar-refractivity contribution >= 4 is 11.9 Å². The van der Waals surface area contributed by atoms with Crippen molar-refractivity contribution in [2.75, 3.05) is 11.9 Å². The smallest absolute Gasteiger partial charge is 0.413 e. The molecular formula is C15H26N4O2. The van der Waals surface area contributed by atoms with Crippen LogP contribution in [-0.4, -0.2) is 28.0 Å². The number of carbonyl (C=O) groups is 1. The minimum Gasteiger partial charge on any atom is -0.444 e. The first-order chi connectivity index (χ1) is 9.85. The van der Waals surface area contributed by atoms with E-state index in [0.29, 0.717) is 12.4 Å². The summed E-state index contributed by atoms with van der Waals surface area (Å²) in [5, 5.41) is 10.4. The monoisotopic (exact) mass is 294 g/mol. The van der Waals surface area contributed by atoms with E-state index in [1.54, 1.807) is 10.9 Å². The van der Waals surface area contributed by atoms with Gasteiger partial charge in [0.15, 0.2) is 0 Å². The van der Waals surface area contributed by atoms with Crippen LogP contribution in [0.25, 0.3) is 0 Å². The molecule has 0 aromatic carbocycles. The van der Waals surface area contributed by atoms with E-state index in [9.17, 15) is 4.79 Å². The third-order valence-electron chi connectivity index (χ3n) is 3.61. The Morgan fingerprint density at radius 3 is 2.76 bits per heavy atom. The zero-order valence-corrected chi connectivity index (χ0v) is 13.4. The Bertz CT molecular complexity index is 486. The zero-order chi connectivity index (χ0) is 15.5. The Balaban J connectivity index is 1.88. The molecule has 6 nitrogen and oxygen atoms in total. The summed E-state index contributed by atoms with van der Waals surface area (Å²) in [7, 11) is 1.81. The van der Waals surface area contributed by atoms with Crippen LogP contribution in [0.1, 0.15) is 45.6 Å². The van der Waals surface area contributed by atoms with E-state index >= 15 is 0 Å². The number of nitrogens with one attached hydrogen (secondary N) is 2. The van der Waals surface area contributed by atoms with Crippen molar-refractivity contribution in [2.24, 2.45) is 13.0 Å². The fourth-order valence-electron chi connectivity index (χ4n) is 2.28. The molecule has 1 heterocycles. The van der Waals surface area contributed by atoms with Crippen molar-refractivity contribution in [3.63, 3.8) is 0 Å². The molecule has 0 bridgehead atoms. The van der Waals surface area contributed by atoms with Crippen LogP contribution in [0.5, 0.6) is 0 Å². The van der Waals surface area contributed by atoms with Crippen LogP contribution in [0.4, 0.5) is 10.6 Å². The number of aryl methyl sites for hydroxylation is 1. The number of hydrogen-bond acceptors (Lipinski definition) is 4. The highest BCUT2D eigenvalue weighted by molar-refractivity contribution is 5.84. The Morgan fingerprint density at radius 1 is 1.48 bits per heavy atom. The average Bonchev–Trinajstić information content (AvgIpc) is 2.62. The average molecular weight is 294 g/mol. The second-order valence-electron chi connectivity index (χ2n) is 6.70. The van der Waals surface area contributed by atoms with Crippen LogP contribution in [0.2, 0.25) is 0 Å². The minimum atomic E-state index is -0.509. The molecule has 6 heteroatoms. The highest BCUT2D eigenvalue weighted by atomic mass is 16.6. The third kappa shape index (κ3) is 4.74. The number of hydrogen-bond donors (Lipinski definition) is 2. The largest absolute Gasteiger partial charge is 0.444 e. The number of carbonyl (C=O) groups excluding carboxylic acids is 1. The van der Waals surface area contributed by atoms with Crippen LogP contribution in [0.3, 0.4) is 0 Å². The van der Waals surface area contributed by atoms with E-state index in [-0.39, 0.29) is 0 Å². The first kappa shape index (κ1) is 15.8. The molecule has 0 saturated heterocycles. The van der Waals surface area contributed by atoms with E-state index in [4.69, 9.17) is 4.74 Å². The molecule has 0 radical (unpaired) electrons. The molecule has 21 heavy (non-hydrogen) atoms. The normalized spacial score (nSPS) is 15.6. The van der Waals surface area contributed by atoms with Gasteiger partial charge >= 0.3 is 6.09 Å². The summed E-state index contributed by atoms with van der Waals surface area (Å²) in [4.78, 5) is 11.9. The van der Waals surface area contributed by atoms with Crippen LogP contribution in [-0.2, 0) is 18.3 Å². The molecule has 0 spiro atoms. The van der Waals surface area contributed by atoms with Gasteiger partial charge in [0.25, 0.3) is 0 Å². The van der Waals surface area contributed by atoms with Gasteiger partial charge in [-0.25, -0.2) is 4.79 Å². The summed E-state index contributed by atoms with van der Waals surface area (Å²) in [6.45, 7) is 7.26. The highest BCUT2D eigenvalue weighted by Crippen LogP contribution is 2.25. The van der Waals surface area contributed by atoms with E-state index in [0.717, 1.165) is 18.0 Å². The lowest BCUT2D eigenvalue weighted by Crippen LogP contribution is -2.29. The van der Waals surface area contributed by atoms with Crippen molar-refractivity contribution < 1.29 is 9.53 Å². The number of nitrogens with zero attached hydrogens (tertiary/aromatic N) is 2. The molecule has 1 aliphatic rings. The predicted molar refractivity (Wildman–Crippen MR) is 82.1 cm³/mol. The van der Waals surface area contributed by atoms with Gasteiger partial charge in [0.2, 0.25) is 0 Å². The van der Waals surface area contributed by atoms with Crippen molar-refractivity contribution in [2.45, 2.75) is 52.2 Å². The van der Waals surface area contributed by atoms with E-state index in [1.165, 1.54) is 19.3 Å². The maximum Gasteiger partial charge on any atom is 0.413 e. The molecule has 1 amide bonds. The van der Waals surface area contributed by atoms with Gasteiger partial charge in [-0.1, -0.05) is 6.42 Å². The van der Waals surface area contributed by atoms with Gasteiger partial charge in [0, 0.05) is 19.2 Å². The Labute approximate surface area is 126 Å². The van der Waals surface area contributed by atoms with Gasteiger partial charge in [-0.05, 0) is 46.1 Å². The molecule has 1 saturated carbocycles. The molecule has 2 rings (SSSR count). The van der Waals surface area contributed by atoms with E-state index < -0.39 is 11.7 Å². The number of anilines is 1. The fourth-order valence-corrected chi connectivity index (χ4v) is 2.28. The maximum atomic E-state index is 11.9. The molecular weight excluding hydrogens is 268 g/mol. The molecule has 1 aromatic heterocycles. The lowest BCUT2D eigenvalue weighted by atomic mass is 9.85. The van der Waals surface area contributed by atoms with Crippen LogP contribution in [0, 0.1) is 5.92 Å². The molecule has 0 atom stereocenters. The summed E-state index contributed by atoms with van der Waals surface area (Å²) >= 11 is 0. The molecule has 0 aliphatic heterocycles. The minimum absolute atomic E-state index is 0.452. The zero-order valence-electron chi connectivity index (χ0n) is 13.4. The van der Waals surface area contributed by atoms with Crippen molar-refractivity contribution in [3.05, 3.63) is 11.8 Å². The number of aromatic nitrogens is 2. The van der Waals surface area contributed by atoms with E-state index in [1.807, 2.05) is 27.8 Å². The van der Waals surface area contributed by atoms with Gasteiger partial charge in [-0.3, -0.25) is 10.00 Å². The summed E-state index contributed by atoms with van der Waals surface area (Å²) in [6, 6.07) is 0. The quantitative estimate of drug-likeness (QED) is 0.876. The Kier molecular flexibility index (Phi) is 4.88. The molecule has 1 fully saturated rings. The third-order valence-corrected chi connectivity index (χ3v) is 3.61. The lowest BCUT2D eigenvalue weighted by Gasteiger charge is -2.25. The molecule has 1 aliphatic carbocycles. The molecule has 0 unspecified atom stereocenters. The molecule has 118 valence electrons. The maximum absolute atomic E-state index is 11.9. The number of ether oxygens (including phenoxy) is 1. The fraction of sp³-hybridized carbons (Fsp3) is 0.733. The van der Waals surface area contributed by atoms with Gasteiger partial charge < -0.3 is 10.1 Å². The van der Waals surface area contributed by atoms with Crippen LogP contribution in [0.15, 0.2) is 6.20 Å². The Hall–Kier alpha value is -1.56. The first-order valence-electron chi connectivity index (χ1n) is 7.57. The van der Waals surface area contributed by atoms with Crippen molar-refractivity contribution in [1.29, 1.82) is 0 Å². The van der Waals surface area contributed by atoms with Crippen molar-refractivity contribution in [3.8, 4) is 0 Å². The van der Waals surface area contributed by atoms with Gasteiger partial charge in [0.05, 0.1) is 6.20 Å². The van der Waals surface area contributed by atoms with E-state index in [2.05, 4.69) is 15.7 Å². The SMILES string of the molecule is Cn1ncc(CNCC2CCC2)c1NC(=O)OC(C)(C)C. The topological polar surface area (TPSA) is 68.2 Å². The second kappa shape index (κ2) is 6.47. The van der Waals surface area contributed by atoms with Gasteiger partial charge in [-0.15, -0.1) is 0 Å². The summed E-state index contributed by atoms with van der Waals surface area (Å²) < 4.78 is 6.94. The summed E-state index contributed by atoms with van der Waals surface area (Å²) in [5.74, 6) is 1.49. The predicted octanol–water partition coefficient (Wildman–Crippen LogP) is 2.66. The van der Waals surface area contributed by atoms with Crippen LogP contribution >= 0.6 is 0 Å². The number of rotatable bonds is 5. The lowest BCUT2D eigenvalue weighted by molar-refractivity contribution is 0.0634. The first-order valence-corrected chi connectivity index (χ1v) is 7.57. The standard InChI is InChI=1S/C15H26N4O2/c1-15(2,3)21-14(20)18-13-12(10-17-19(13)4)9-16-8-11-6-5-7-11/h10-11,16H,5-9H2,1-4H3,(H,18,20). The van der Waals surface area contributed by atoms with Gasteiger partial charge in [-0.2, -0.15) is 5.10 Å². The summed E-state index contributed by atoms with van der Waals surface area (Å²) in [6.07, 6.45) is 5.32. The summed E-state index contributed by atoms with van der Waals surface area (Å²) in [5.41, 5.74) is 0.466. The Morgan fingerprint density at radius 2 is 2.19 bits per heavy atom. The second-order valence-corrected chi connectivity index (χ2v) is 6.70. The van der Waals surface area contributed by atoms with Gasteiger partial charge in [0.1, 0.15) is 11.4 Å². The number of amides is 1. The van der Waals surface area contributed by atoms with Crippen LogP contribution < -0.4 is 10.6 Å². The molecule has 1 aromatic rings.